The van der Waals surface area contributed by atoms with Crippen molar-refractivity contribution < 1.29 is 0 Å². The number of benzene rings is 1. The summed E-state index contributed by atoms with van der Waals surface area (Å²) in [5, 5.41) is 8.68. The molecular weight excluding hydrogens is 320 g/mol. The summed E-state index contributed by atoms with van der Waals surface area (Å²) in [7, 11) is 0. The fourth-order valence-electron chi connectivity index (χ4n) is 2.56. The first kappa shape index (κ1) is 14.8. The molecule has 1 N–H and O–H groups in total. The molecule has 0 atom stereocenters. The average Bonchev–Trinajstić information content (AvgIpc) is 3.29. The van der Waals surface area contributed by atoms with Crippen LogP contribution in [0.15, 0.2) is 49.3 Å². The van der Waals surface area contributed by atoms with E-state index in [0.29, 0.717) is 6.54 Å². The van der Waals surface area contributed by atoms with E-state index in [1.54, 1.807) is 28.7 Å². The lowest BCUT2D eigenvalue weighted by molar-refractivity contribution is 0.876. The Hall–Kier alpha value is -2.80. The van der Waals surface area contributed by atoms with Crippen molar-refractivity contribution in [1.29, 1.82) is 0 Å². The lowest BCUT2D eigenvalue weighted by Crippen LogP contribution is -2.03. The molecule has 0 amide bonds. The number of nitrogens with one attached hydrogen (secondary N) is 1. The Morgan fingerprint density at radius 2 is 2.12 bits per heavy atom. The summed E-state index contributed by atoms with van der Waals surface area (Å²) >= 11 is 1.72. The fourth-order valence-corrected chi connectivity index (χ4v) is 3.49. The Bertz CT molecular complexity index is 960. The van der Waals surface area contributed by atoms with Gasteiger partial charge in [-0.2, -0.15) is 5.10 Å². The second-order valence-electron chi connectivity index (χ2n) is 5.37. The molecule has 7 heteroatoms. The minimum atomic E-state index is 0.686. The van der Waals surface area contributed by atoms with Crippen LogP contribution in [0, 0.1) is 0 Å². The summed E-state index contributed by atoms with van der Waals surface area (Å²) in [6.07, 6.45) is 5.86. The minimum absolute atomic E-state index is 0.686. The number of aromatic nitrogens is 5. The molecule has 1 aromatic carbocycles. The third-order valence-electron chi connectivity index (χ3n) is 3.78. The molecule has 0 radical (unpaired) electrons. The van der Waals surface area contributed by atoms with Crippen molar-refractivity contribution in [1.82, 2.24) is 24.7 Å². The van der Waals surface area contributed by atoms with E-state index in [2.05, 4.69) is 50.5 Å². The van der Waals surface area contributed by atoms with Gasteiger partial charge in [0.15, 0.2) is 0 Å². The van der Waals surface area contributed by atoms with Crippen LogP contribution in [0.5, 0.6) is 0 Å². The van der Waals surface area contributed by atoms with Crippen LogP contribution < -0.4 is 5.32 Å². The van der Waals surface area contributed by atoms with Gasteiger partial charge in [0.1, 0.15) is 29.6 Å². The van der Waals surface area contributed by atoms with Gasteiger partial charge in [-0.05, 0) is 30.2 Å². The van der Waals surface area contributed by atoms with Crippen molar-refractivity contribution in [3.63, 3.8) is 0 Å². The van der Waals surface area contributed by atoms with Crippen molar-refractivity contribution in [2.45, 2.75) is 19.9 Å². The van der Waals surface area contributed by atoms with E-state index in [1.165, 1.54) is 11.2 Å². The zero-order chi connectivity index (χ0) is 16.4. The number of rotatable bonds is 5. The fraction of sp³-hybridized carbons (Fsp3) is 0.176. The van der Waals surface area contributed by atoms with Gasteiger partial charge >= 0.3 is 0 Å². The molecule has 0 aliphatic heterocycles. The Kier molecular flexibility index (Phi) is 3.92. The smallest absolute Gasteiger partial charge is 0.138 e. The maximum Gasteiger partial charge on any atom is 0.138 e. The molecule has 0 fully saturated rings. The van der Waals surface area contributed by atoms with Gasteiger partial charge in [0.05, 0.1) is 11.1 Å². The van der Waals surface area contributed by atoms with Gasteiger partial charge in [-0.3, -0.25) is 0 Å². The molecule has 4 aromatic rings. The van der Waals surface area contributed by atoms with Crippen LogP contribution >= 0.6 is 11.3 Å². The molecule has 0 spiro atoms. The van der Waals surface area contributed by atoms with Crippen LogP contribution in [-0.2, 0) is 13.0 Å². The second-order valence-corrected chi connectivity index (χ2v) is 6.49. The summed E-state index contributed by atoms with van der Waals surface area (Å²) < 4.78 is 1.75. The standard InChI is InChI=1S/C17H16N6S/c1-2-14-7-15-16(20-10-21-17(15)24-14)19-8-12-4-3-5-13(6-12)23-11-18-9-22-23/h3-7,9-11H,2,8H2,1H3,(H,19,20,21). The van der Waals surface area contributed by atoms with Crippen molar-refractivity contribution >= 4 is 27.4 Å². The van der Waals surface area contributed by atoms with E-state index in [9.17, 15) is 0 Å². The number of aryl methyl sites for hydroxylation is 1. The first-order valence-electron chi connectivity index (χ1n) is 7.74. The Morgan fingerprint density at radius 1 is 1.17 bits per heavy atom. The zero-order valence-corrected chi connectivity index (χ0v) is 14.0. The third kappa shape index (κ3) is 2.85. The van der Waals surface area contributed by atoms with E-state index in [-0.39, 0.29) is 0 Å². The maximum atomic E-state index is 4.40. The Balaban J connectivity index is 1.57. The molecule has 0 aliphatic carbocycles. The summed E-state index contributed by atoms with van der Waals surface area (Å²) in [5.41, 5.74) is 2.14. The van der Waals surface area contributed by atoms with Crippen molar-refractivity contribution in [3.05, 3.63) is 59.8 Å². The van der Waals surface area contributed by atoms with E-state index in [1.807, 2.05) is 12.1 Å². The number of nitrogens with zero attached hydrogens (tertiary/aromatic N) is 5. The van der Waals surface area contributed by atoms with Gasteiger partial charge in [0.25, 0.3) is 0 Å². The van der Waals surface area contributed by atoms with Crippen LogP contribution in [0.2, 0.25) is 0 Å². The summed E-state index contributed by atoms with van der Waals surface area (Å²) in [5.74, 6) is 0.877. The van der Waals surface area contributed by atoms with Gasteiger partial charge in [0.2, 0.25) is 0 Å². The average molecular weight is 336 g/mol. The van der Waals surface area contributed by atoms with Crippen molar-refractivity contribution in [2.75, 3.05) is 5.32 Å². The van der Waals surface area contributed by atoms with Crippen molar-refractivity contribution in [2.24, 2.45) is 0 Å². The molecule has 0 aliphatic rings. The lowest BCUT2D eigenvalue weighted by atomic mass is 10.2. The highest BCUT2D eigenvalue weighted by Crippen LogP contribution is 2.28. The molecular formula is C17H16N6S. The molecule has 3 heterocycles. The van der Waals surface area contributed by atoms with E-state index < -0.39 is 0 Å². The largest absolute Gasteiger partial charge is 0.365 e. The van der Waals surface area contributed by atoms with Crippen LogP contribution in [0.4, 0.5) is 5.82 Å². The van der Waals surface area contributed by atoms with Gasteiger partial charge < -0.3 is 5.32 Å². The van der Waals surface area contributed by atoms with Gasteiger partial charge in [-0.1, -0.05) is 19.1 Å². The van der Waals surface area contributed by atoms with Gasteiger partial charge in [-0.15, -0.1) is 11.3 Å². The van der Waals surface area contributed by atoms with E-state index >= 15 is 0 Å². The van der Waals surface area contributed by atoms with E-state index in [4.69, 9.17) is 0 Å². The molecule has 0 unspecified atom stereocenters. The van der Waals surface area contributed by atoms with Gasteiger partial charge in [-0.25, -0.2) is 19.6 Å². The minimum Gasteiger partial charge on any atom is -0.365 e. The summed E-state index contributed by atoms with van der Waals surface area (Å²) in [6.45, 7) is 2.84. The Morgan fingerprint density at radius 3 is 2.96 bits per heavy atom. The summed E-state index contributed by atoms with van der Waals surface area (Å²) in [4.78, 5) is 15.1. The molecule has 4 rings (SSSR count). The summed E-state index contributed by atoms with van der Waals surface area (Å²) in [6, 6.07) is 10.4. The number of anilines is 1. The van der Waals surface area contributed by atoms with Crippen LogP contribution in [-0.4, -0.2) is 24.7 Å². The first-order chi connectivity index (χ1) is 11.8. The number of fused-ring (bicyclic) bond motifs is 1. The molecule has 120 valence electrons. The predicted molar refractivity (Wildman–Crippen MR) is 95.5 cm³/mol. The highest BCUT2D eigenvalue weighted by molar-refractivity contribution is 7.18. The van der Waals surface area contributed by atoms with Crippen LogP contribution in [0.25, 0.3) is 15.9 Å². The quantitative estimate of drug-likeness (QED) is 0.604. The third-order valence-corrected chi connectivity index (χ3v) is 4.97. The van der Waals surface area contributed by atoms with Crippen molar-refractivity contribution in [3.8, 4) is 5.69 Å². The molecule has 24 heavy (non-hydrogen) atoms. The highest BCUT2D eigenvalue weighted by atomic mass is 32.1. The first-order valence-corrected chi connectivity index (χ1v) is 8.56. The SMILES string of the molecule is CCc1cc2c(NCc3cccc(-n4cncn4)c3)ncnc2s1. The zero-order valence-electron chi connectivity index (χ0n) is 13.2. The van der Waals surface area contributed by atoms with E-state index in [0.717, 1.165) is 33.7 Å². The Labute approximate surface area is 143 Å². The predicted octanol–water partition coefficient (Wildman–Crippen LogP) is 3.45. The second kappa shape index (κ2) is 6.37. The maximum absolute atomic E-state index is 4.40. The molecule has 6 nitrogen and oxygen atoms in total. The normalized spacial score (nSPS) is 11.0. The number of hydrogen-bond acceptors (Lipinski definition) is 6. The lowest BCUT2D eigenvalue weighted by Gasteiger charge is -2.08. The monoisotopic (exact) mass is 336 g/mol. The van der Waals surface area contributed by atoms with Crippen LogP contribution in [0.1, 0.15) is 17.4 Å². The highest BCUT2D eigenvalue weighted by Gasteiger charge is 2.08. The molecule has 0 bridgehead atoms. The number of hydrogen-bond donors (Lipinski definition) is 1. The van der Waals surface area contributed by atoms with Crippen LogP contribution in [0.3, 0.4) is 0 Å². The number of thiophene rings is 1. The molecule has 3 aromatic heterocycles. The molecule has 0 saturated carbocycles. The molecule has 0 saturated heterocycles. The topological polar surface area (TPSA) is 68.5 Å². The van der Waals surface area contributed by atoms with Gasteiger partial charge in [0, 0.05) is 11.4 Å².